The molecule has 30 heavy (non-hydrogen) atoms. The first-order valence-electron chi connectivity index (χ1n) is 9.23. The Bertz CT molecular complexity index is 903. The minimum atomic E-state index is -4.76. The Labute approximate surface area is 176 Å². The first-order chi connectivity index (χ1) is 14.1. The summed E-state index contributed by atoms with van der Waals surface area (Å²) in [5.74, 6) is -1.31. The predicted molar refractivity (Wildman–Crippen MR) is 108 cm³/mol. The van der Waals surface area contributed by atoms with Crippen LogP contribution in [0.1, 0.15) is 47.1 Å². The molecule has 1 aromatic heterocycles. The zero-order chi connectivity index (χ0) is 22.5. The summed E-state index contributed by atoms with van der Waals surface area (Å²) in [5.41, 5.74) is 5.47. The van der Waals surface area contributed by atoms with E-state index in [2.05, 4.69) is 0 Å². The highest BCUT2D eigenvalue weighted by molar-refractivity contribution is 7.12. The average Bonchev–Trinajstić information content (AvgIpc) is 3.19. The van der Waals surface area contributed by atoms with Crippen LogP contribution in [0.4, 0.5) is 13.2 Å². The van der Waals surface area contributed by atoms with Crippen LogP contribution in [0.3, 0.4) is 0 Å². The van der Waals surface area contributed by atoms with Crippen LogP contribution in [0, 0.1) is 17.2 Å². The Morgan fingerprint density at radius 2 is 1.83 bits per heavy atom. The van der Waals surface area contributed by atoms with Gasteiger partial charge in [-0.1, -0.05) is 44.2 Å². The van der Waals surface area contributed by atoms with Gasteiger partial charge in [-0.2, -0.15) is 18.4 Å². The second-order valence-corrected chi connectivity index (χ2v) is 8.20. The van der Waals surface area contributed by atoms with E-state index in [1.165, 1.54) is 35.6 Å². The third kappa shape index (κ3) is 5.68. The lowest BCUT2D eigenvalue weighted by Crippen LogP contribution is -2.51. The van der Waals surface area contributed by atoms with Crippen LogP contribution in [0.2, 0.25) is 0 Å². The Hall–Kier alpha value is -2.70. The van der Waals surface area contributed by atoms with Gasteiger partial charge in [-0.05, 0) is 29.3 Å². The summed E-state index contributed by atoms with van der Waals surface area (Å²) in [6, 6.07) is 6.65. The van der Waals surface area contributed by atoms with E-state index >= 15 is 0 Å². The molecule has 5 nitrogen and oxygen atoms in total. The number of rotatable bonds is 9. The molecule has 1 aromatic carbocycles. The summed E-state index contributed by atoms with van der Waals surface area (Å²) < 4.78 is 42.2. The normalized spacial score (nSPS) is 13.8. The van der Waals surface area contributed by atoms with E-state index in [0.717, 1.165) is 4.90 Å². The van der Waals surface area contributed by atoms with Crippen molar-refractivity contribution >= 4 is 23.0 Å². The fourth-order valence-electron chi connectivity index (χ4n) is 3.26. The number of hydrogen-bond acceptors (Lipinski definition) is 5. The fraction of sp³-hybridized carbons (Fsp3) is 0.381. The van der Waals surface area contributed by atoms with E-state index in [9.17, 15) is 22.8 Å². The summed E-state index contributed by atoms with van der Waals surface area (Å²) >= 11 is 1.24. The van der Waals surface area contributed by atoms with Crippen molar-refractivity contribution < 1.29 is 22.8 Å². The van der Waals surface area contributed by atoms with Crippen LogP contribution < -0.4 is 5.73 Å². The Kier molecular flexibility index (Phi) is 7.76. The van der Waals surface area contributed by atoms with Crippen LogP contribution in [-0.2, 0) is 4.79 Å². The molecular formula is C21H22F3N3O2S. The van der Waals surface area contributed by atoms with Gasteiger partial charge in [-0.25, -0.2) is 0 Å². The van der Waals surface area contributed by atoms with Crippen molar-refractivity contribution in [1.82, 2.24) is 4.90 Å². The zero-order valence-corrected chi connectivity index (χ0v) is 17.3. The van der Waals surface area contributed by atoms with E-state index in [0.29, 0.717) is 4.88 Å². The van der Waals surface area contributed by atoms with E-state index < -0.39 is 30.7 Å². The number of carbonyl (C=O) groups is 2. The number of primary amides is 1. The monoisotopic (exact) mass is 437 g/mol. The fourth-order valence-corrected chi connectivity index (χ4v) is 3.95. The molecule has 0 aliphatic carbocycles. The topological polar surface area (TPSA) is 87.2 Å². The van der Waals surface area contributed by atoms with E-state index in [1.54, 1.807) is 37.4 Å². The molecule has 0 bridgehead atoms. The van der Waals surface area contributed by atoms with Crippen molar-refractivity contribution in [2.24, 2.45) is 11.7 Å². The first kappa shape index (κ1) is 23.6. The molecule has 2 atom stereocenters. The number of halogens is 3. The highest BCUT2D eigenvalue weighted by Gasteiger charge is 2.48. The molecular weight excluding hydrogens is 415 g/mol. The molecule has 0 fully saturated rings. The number of nitriles is 1. The van der Waals surface area contributed by atoms with Crippen molar-refractivity contribution in [1.29, 1.82) is 5.26 Å². The zero-order valence-electron chi connectivity index (χ0n) is 16.5. The lowest BCUT2D eigenvalue weighted by atomic mass is 9.96. The van der Waals surface area contributed by atoms with Crippen molar-refractivity contribution in [3.8, 4) is 6.07 Å². The van der Waals surface area contributed by atoms with Crippen molar-refractivity contribution in [2.45, 2.75) is 38.5 Å². The van der Waals surface area contributed by atoms with Gasteiger partial charge in [0.2, 0.25) is 11.7 Å². The number of alkyl halides is 3. The number of amides is 1. The molecule has 160 valence electrons. The molecule has 0 aliphatic rings. The van der Waals surface area contributed by atoms with E-state index in [4.69, 9.17) is 11.0 Å². The van der Waals surface area contributed by atoms with Crippen molar-refractivity contribution in [3.05, 3.63) is 57.8 Å². The van der Waals surface area contributed by atoms with Crippen LogP contribution in [0.25, 0.3) is 0 Å². The van der Waals surface area contributed by atoms with Crippen LogP contribution >= 0.6 is 11.3 Å². The second-order valence-electron chi connectivity index (χ2n) is 7.25. The number of nitrogens with two attached hydrogens (primary N) is 1. The number of benzene rings is 1. The highest BCUT2D eigenvalue weighted by Crippen LogP contribution is 2.39. The largest absolute Gasteiger partial charge is 0.408 e. The molecule has 2 N–H and O–H groups in total. The molecule has 2 aromatic rings. The Morgan fingerprint density at radius 1 is 1.20 bits per heavy atom. The maximum Gasteiger partial charge on any atom is 0.408 e. The number of hydrogen-bond donors (Lipinski definition) is 1. The standard InChI is InChI=1S/C21H22F3N3O2S/c1-13(2)12-16(20(26)29)27(10-9-25)19(21(22,23)24)15-7-5-14(6-8-15)18(28)17-4-3-11-30-17/h3-8,11,13,16,19H,10,12H2,1-2H3,(H2,26,29)/t16-,19-/m0/s1. The van der Waals surface area contributed by atoms with E-state index in [1.807, 2.05) is 0 Å². The molecule has 0 saturated heterocycles. The third-order valence-corrected chi connectivity index (χ3v) is 5.42. The lowest BCUT2D eigenvalue weighted by Gasteiger charge is -2.37. The van der Waals surface area contributed by atoms with Gasteiger partial charge in [0.1, 0.15) is 6.04 Å². The first-order valence-corrected chi connectivity index (χ1v) is 10.1. The molecule has 1 heterocycles. The van der Waals surface area contributed by atoms with Crippen LogP contribution in [-0.4, -0.2) is 35.4 Å². The number of nitrogens with zero attached hydrogens (tertiary/aromatic N) is 2. The van der Waals surface area contributed by atoms with Gasteiger partial charge in [0.05, 0.1) is 23.5 Å². The van der Waals surface area contributed by atoms with Gasteiger partial charge in [0, 0.05) is 5.56 Å². The van der Waals surface area contributed by atoms with Gasteiger partial charge in [0.15, 0.2) is 0 Å². The van der Waals surface area contributed by atoms with Crippen molar-refractivity contribution in [3.63, 3.8) is 0 Å². The molecule has 0 spiro atoms. The molecule has 0 aliphatic heterocycles. The summed E-state index contributed by atoms with van der Waals surface area (Å²) in [7, 11) is 0. The second kappa shape index (κ2) is 9.87. The molecule has 2 rings (SSSR count). The molecule has 0 saturated carbocycles. The van der Waals surface area contributed by atoms with Gasteiger partial charge in [-0.3, -0.25) is 14.5 Å². The lowest BCUT2D eigenvalue weighted by molar-refractivity contribution is -0.192. The SMILES string of the molecule is CC(C)C[C@@H](C(N)=O)N(CC#N)[C@@H](c1ccc(C(=O)c2cccs2)cc1)C(F)(F)F. The van der Waals surface area contributed by atoms with Crippen LogP contribution in [0.5, 0.6) is 0 Å². The van der Waals surface area contributed by atoms with Crippen molar-refractivity contribution in [2.75, 3.05) is 6.54 Å². The minimum absolute atomic E-state index is 0.0819. The molecule has 9 heteroatoms. The number of carbonyl (C=O) groups excluding carboxylic acids is 2. The minimum Gasteiger partial charge on any atom is -0.368 e. The molecule has 0 unspecified atom stereocenters. The Morgan fingerprint density at radius 3 is 2.27 bits per heavy atom. The molecule has 1 amide bonds. The van der Waals surface area contributed by atoms with Gasteiger partial charge >= 0.3 is 6.18 Å². The quantitative estimate of drug-likeness (QED) is 0.468. The van der Waals surface area contributed by atoms with Gasteiger partial charge in [-0.15, -0.1) is 11.3 Å². The average molecular weight is 437 g/mol. The summed E-state index contributed by atoms with van der Waals surface area (Å²) in [5, 5.41) is 10.9. The highest BCUT2D eigenvalue weighted by atomic mass is 32.1. The third-order valence-electron chi connectivity index (χ3n) is 4.55. The number of thiophene rings is 1. The summed E-state index contributed by atoms with van der Waals surface area (Å²) in [6.45, 7) is 2.89. The predicted octanol–water partition coefficient (Wildman–Crippen LogP) is 4.31. The smallest absolute Gasteiger partial charge is 0.368 e. The molecule has 0 radical (unpaired) electrons. The Balaban J connectivity index is 2.45. The number of ketones is 1. The van der Waals surface area contributed by atoms with Gasteiger partial charge in [0.25, 0.3) is 0 Å². The summed E-state index contributed by atoms with van der Waals surface area (Å²) in [4.78, 5) is 25.6. The van der Waals surface area contributed by atoms with Gasteiger partial charge < -0.3 is 5.73 Å². The maximum atomic E-state index is 14.1. The maximum absolute atomic E-state index is 14.1. The van der Waals surface area contributed by atoms with Crippen LogP contribution in [0.15, 0.2) is 41.8 Å². The summed E-state index contributed by atoms with van der Waals surface area (Å²) in [6.07, 6.45) is -4.68. The van der Waals surface area contributed by atoms with E-state index in [-0.39, 0.29) is 29.2 Å².